The molecule has 0 bridgehead atoms. The van der Waals surface area contributed by atoms with E-state index < -0.39 is 23.9 Å². The van der Waals surface area contributed by atoms with Crippen molar-refractivity contribution in [1.82, 2.24) is 4.90 Å². The van der Waals surface area contributed by atoms with Gasteiger partial charge in [0.2, 0.25) is 5.91 Å². The molecule has 1 rings (SSSR count). The number of rotatable bonds is 8. The van der Waals surface area contributed by atoms with Crippen molar-refractivity contribution in [3.8, 4) is 0 Å². The maximum absolute atomic E-state index is 12.1. The molecule has 1 aliphatic heterocycles. The summed E-state index contributed by atoms with van der Waals surface area (Å²) in [6, 6.07) is -0.463. The molecule has 7 heteroatoms. The number of amides is 1. The predicted molar refractivity (Wildman–Crippen MR) is 79.9 cm³/mol. The van der Waals surface area contributed by atoms with Crippen LogP contribution in [0.5, 0.6) is 0 Å². The molecular formula is C14H22BrNO5. The summed E-state index contributed by atoms with van der Waals surface area (Å²) >= 11 is 3.32. The van der Waals surface area contributed by atoms with Crippen LogP contribution in [0.4, 0.5) is 0 Å². The zero-order valence-electron chi connectivity index (χ0n) is 12.5. The first-order chi connectivity index (χ1) is 10.1. The van der Waals surface area contributed by atoms with E-state index in [1.165, 1.54) is 0 Å². The van der Waals surface area contributed by atoms with E-state index in [-0.39, 0.29) is 19.1 Å². The standard InChI is InChI=1S/C14H22BrNO5/c1-3-20-13(18)12(14(19)21-4-2)10-6-7-11(17)16(10)9-5-8-15/h10,12H,3-9H2,1-2H3. The Kier molecular flexibility index (Phi) is 7.71. The minimum Gasteiger partial charge on any atom is -0.465 e. The van der Waals surface area contributed by atoms with Gasteiger partial charge in [0.15, 0.2) is 5.92 Å². The molecule has 1 unspecified atom stereocenters. The Morgan fingerprint density at radius 2 is 1.86 bits per heavy atom. The van der Waals surface area contributed by atoms with Crippen LogP contribution in [0, 0.1) is 5.92 Å². The summed E-state index contributed by atoms with van der Waals surface area (Å²) in [6.45, 7) is 4.27. The van der Waals surface area contributed by atoms with Crippen LogP contribution in [0.3, 0.4) is 0 Å². The number of likely N-dealkylation sites (tertiary alicyclic amines) is 1. The van der Waals surface area contributed by atoms with Crippen LogP contribution >= 0.6 is 15.9 Å². The second-order valence-corrected chi connectivity index (χ2v) is 5.51. The average Bonchev–Trinajstić information content (AvgIpc) is 2.79. The van der Waals surface area contributed by atoms with Crippen molar-refractivity contribution in [2.24, 2.45) is 5.92 Å². The lowest BCUT2D eigenvalue weighted by molar-refractivity contribution is -0.164. The Hall–Kier alpha value is -1.11. The number of alkyl halides is 1. The molecule has 0 aromatic carbocycles. The number of hydrogen-bond acceptors (Lipinski definition) is 5. The van der Waals surface area contributed by atoms with Gasteiger partial charge in [-0.15, -0.1) is 0 Å². The summed E-state index contributed by atoms with van der Waals surface area (Å²) in [4.78, 5) is 37.8. The summed E-state index contributed by atoms with van der Waals surface area (Å²) in [5, 5.41) is 0.757. The molecule has 1 saturated heterocycles. The van der Waals surface area contributed by atoms with Crippen molar-refractivity contribution in [3.63, 3.8) is 0 Å². The first-order valence-electron chi connectivity index (χ1n) is 7.25. The van der Waals surface area contributed by atoms with Crippen LogP contribution in [-0.2, 0) is 23.9 Å². The highest BCUT2D eigenvalue weighted by Gasteiger charge is 2.45. The smallest absolute Gasteiger partial charge is 0.322 e. The number of nitrogens with zero attached hydrogens (tertiary/aromatic N) is 1. The maximum Gasteiger partial charge on any atom is 0.322 e. The highest BCUT2D eigenvalue weighted by Crippen LogP contribution is 2.27. The first kappa shape index (κ1) is 17.9. The van der Waals surface area contributed by atoms with E-state index in [1.807, 2.05) is 0 Å². The monoisotopic (exact) mass is 363 g/mol. The van der Waals surface area contributed by atoms with Gasteiger partial charge in [-0.2, -0.15) is 0 Å². The number of esters is 2. The Bertz CT molecular complexity index is 370. The molecule has 6 nitrogen and oxygen atoms in total. The molecule has 0 N–H and O–H groups in total. The number of halogens is 1. The van der Waals surface area contributed by atoms with Crippen molar-refractivity contribution in [2.45, 2.75) is 39.2 Å². The number of carbonyl (C=O) groups is 3. The Morgan fingerprint density at radius 1 is 1.29 bits per heavy atom. The second kappa shape index (κ2) is 9.02. The third kappa shape index (κ3) is 4.69. The number of carbonyl (C=O) groups excluding carboxylic acids is 3. The minimum absolute atomic E-state index is 0.0282. The lowest BCUT2D eigenvalue weighted by Gasteiger charge is -2.29. The molecule has 1 aliphatic rings. The summed E-state index contributed by atoms with van der Waals surface area (Å²) in [5.41, 5.74) is 0. The highest BCUT2D eigenvalue weighted by molar-refractivity contribution is 9.09. The van der Waals surface area contributed by atoms with E-state index in [0.29, 0.717) is 19.4 Å². The summed E-state index contributed by atoms with van der Waals surface area (Å²) in [6.07, 6.45) is 1.59. The molecule has 0 aromatic heterocycles. The van der Waals surface area contributed by atoms with Crippen molar-refractivity contribution in [2.75, 3.05) is 25.1 Å². The normalized spacial score (nSPS) is 18.2. The lowest BCUT2D eigenvalue weighted by Crippen LogP contribution is -2.46. The van der Waals surface area contributed by atoms with Gasteiger partial charge < -0.3 is 14.4 Å². The van der Waals surface area contributed by atoms with Gasteiger partial charge in [-0.3, -0.25) is 14.4 Å². The third-order valence-corrected chi connectivity index (χ3v) is 3.93. The van der Waals surface area contributed by atoms with Crippen LogP contribution in [0.1, 0.15) is 33.1 Å². The van der Waals surface area contributed by atoms with Crippen LogP contribution < -0.4 is 0 Å². The zero-order chi connectivity index (χ0) is 15.8. The van der Waals surface area contributed by atoms with E-state index >= 15 is 0 Å². The SMILES string of the molecule is CCOC(=O)C(C(=O)OCC)C1CCC(=O)N1CCCBr. The quantitative estimate of drug-likeness (QED) is 0.371. The summed E-state index contributed by atoms with van der Waals surface area (Å²) in [5.74, 6) is -2.30. The van der Waals surface area contributed by atoms with Crippen molar-refractivity contribution in [1.29, 1.82) is 0 Å². The topological polar surface area (TPSA) is 72.9 Å². The van der Waals surface area contributed by atoms with Crippen LogP contribution in [-0.4, -0.2) is 53.9 Å². The molecule has 0 saturated carbocycles. The fourth-order valence-electron chi connectivity index (χ4n) is 2.50. The molecule has 0 radical (unpaired) electrons. The van der Waals surface area contributed by atoms with Gasteiger partial charge in [-0.25, -0.2) is 0 Å². The average molecular weight is 364 g/mol. The summed E-state index contributed by atoms with van der Waals surface area (Å²) < 4.78 is 9.97. The van der Waals surface area contributed by atoms with Gasteiger partial charge in [-0.05, 0) is 26.7 Å². The van der Waals surface area contributed by atoms with Crippen molar-refractivity contribution < 1.29 is 23.9 Å². The second-order valence-electron chi connectivity index (χ2n) is 4.72. The Labute approximate surface area is 133 Å². The maximum atomic E-state index is 12.1. The molecule has 1 atom stereocenters. The lowest BCUT2D eigenvalue weighted by atomic mass is 9.97. The highest BCUT2D eigenvalue weighted by atomic mass is 79.9. The molecule has 21 heavy (non-hydrogen) atoms. The Morgan fingerprint density at radius 3 is 2.33 bits per heavy atom. The van der Waals surface area contributed by atoms with Gasteiger partial charge in [0.1, 0.15) is 0 Å². The molecule has 0 aromatic rings. The fraction of sp³-hybridized carbons (Fsp3) is 0.786. The van der Waals surface area contributed by atoms with Crippen molar-refractivity contribution >= 4 is 33.8 Å². The van der Waals surface area contributed by atoms with Gasteiger partial charge >= 0.3 is 11.9 Å². The molecular weight excluding hydrogens is 342 g/mol. The third-order valence-electron chi connectivity index (χ3n) is 3.37. The van der Waals surface area contributed by atoms with E-state index in [0.717, 1.165) is 11.8 Å². The number of hydrogen-bond donors (Lipinski definition) is 0. The Balaban J connectivity index is 2.91. The molecule has 0 aliphatic carbocycles. The van der Waals surface area contributed by atoms with Gasteiger partial charge in [0.25, 0.3) is 0 Å². The van der Waals surface area contributed by atoms with E-state index in [2.05, 4.69) is 15.9 Å². The zero-order valence-corrected chi connectivity index (χ0v) is 14.1. The van der Waals surface area contributed by atoms with E-state index in [1.54, 1.807) is 18.7 Å². The molecule has 1 fully saturated rings. The number of ether oxygens (including phenoxy) is 2. The first-order valence-corrected chi connectivity index (χ1v) is 8.37. The van der Waals surface area contributed by atoms with E-state index in [9.17, 15) is 14.4 Å². The summed E-state index contributed by atoms with van der Waals surface area (Å²) in [7, 11) is 0. The van der Waals surface area contributed by atoms with Crippen LogP contribution in [0.15, 0.2) is 0 Å². The minimum atomic E-state index is -1.05. The van der Waals surface area contributed by atoms with Gasteiger partial charge in [-0.1, -0.05) is 15.9 Å². The van der Waals surface area contributed by atoms with E-state index in [4.69, 9.17) is 9.47 Å². The predicted octanol–water partition coefficient (Wildman–Crippen LogP) is 1.50. The molecule has 1 amide bonds. The van der Waals surface area contributed by atoms with Crippen molar-refractivity contribution in [3.05, 3.63) is 0 Å². The molecule has 1 heterocycles. The van der Waals surface area contributed by atoms with Gasteiger partial charge in [0.05, 0.1) is 19.3 Å². The van der Waals surface area contributed by atoms with Crippen LogP contribution in [0.2, 0.25) is 0 Å². The molecule has 120 valence electrons. The van der Waals surface area contributed by atoms with Gasteiger partial charge in [0, 0.05) is 18.3 Å². The molecule has 0 spiro atoms. The largest absolute Gasteiger partial charge is 0.465 e. The van der Waals surface area contributed by atoms with Crippen LogP contribution in [0.25, 0.3) is 0 Å². The fourth-order valence-corrected chi connectivity index (χ4v) is 2.75.